The van der Waals surface area contributed by atoms with Gasteiger partial charge in [0.15, 0.2) is 0 Å². The lowest BCUT2D eigenvalue weighted by Gasteiger charge is -2.28. The highest BCUT2D eigenvalue weighted by Gasteiger charge is 2.19. The smallest absolute Gasteiger partial charge is 0.0594 e. The Hall–Kier alpha value is 0.230. The Morgan fingerprint density at radius 1 is 1.42 bits per heavy atom. The van der Waals surface area contributed by atoms with Crippen molar-refractivity contribution in [3.63, 3.8) is 0 Å². The van der Waals surface area contributed by atoms with Crippen LogP contribution in [0.4, 0.5) is 0 Å². The van der Waals surface area contributed by atoms with Crippen LogP contribution in [0.1, 0.15) is 0 Å². The molecule has 0 aromatic carbocycles. The van der Waals surface area contributed by atoms with Gasteiger partial charge >= 0.3 is 0 Å². The molecule has 2 rings (SSSR count). The quantitative estimate of drug-likeness (QED) is 0.658. The Kier molecular flexibility index (Phi) is 3.28. The van der Waals surface area contributed by atoms with Gasteiger partial charge in [-0.15, -0.1) is 11.8 Å². The zero-order chi connectivity index (χ0) is 8.23. The third-order valence-electron chi connectivity index (χ3n) is 2.38. The van der Waals surface area contributed by atoms with Crippen molar-refractivity contribution in [2.75, 3.05) is 44.5 Å². The molecule has 1 unspecified atom stereocenters. The average molecular weight is 188 g/mol. The van der Waals surface area contributed by atoms with Crippen molar-refractivity contribution >= 4 is 11.8 Å². The maximum Gasteiger partial charge on any atom is 0.0594 e. The second-order valence-corrected chi connectivity index (χ2v) is 4.36. The zero-order valence-corrected chi connectivity index (χ0v) is 8.11. The van der Waals surface area contributed by atoms with E-state index in [1.165, 1.54) is 12.3 Å². The minimum atomic E-state index is 0.716. The number of morpholine rings is 1. The largest absolute Gasteiger partial charge is 0.379 e. The summed E-state index contributed by atoms with van der Waals surface area (Å²) in [4.78, 5) is 2.49. The van der Waals surface area contributed by atoms with E-state index in [0.717, 1.165) is 32.2 Å². The SMILES string of the molecule is C1CN(CC2CSCN2)CCO1. The van der Waals surface area contributed by atoms with Gasteiger partial charge in [-0.25, -0.2) is 0 Å². The van der Waals surface area contributed by atoms with Crippen LogP contribution in [0.25, 0.3) is 0 Å². The van der Waals surface area contributed by atoms with Gasteiger partial charge in [0.1, 0.15) is 0 Å². The van der Waals surface area contributed by atoms with Crippen LogP contribution in [0.2, 0.25) is 0 Å². The third kappa shape index (κ3) is 2.36. The van der Waals surface area contributed by atoms with Gasteiger partial charge in [-0.1, -0.05) is 0 Å². The van der Waals surface area contributed by atoms with Crippen molar-refractivity contribution in [3.05, 3.63) is 0 Å². The van der Waals surface area contributed by atoms with Crippen molar-refractivity contribution in [3.8, 4) is 0 Å². The summed E-state index contributed by atoms with van der Waals surface area (Å²) in [5, 5.41) is 3.48. The standard InChI is InChI=1S/C8H16N2OS/c1-3-11-4-2-10(1)5-8-6-12-7-9-8/h8-9H,1-7H2. The Morgan fingerprint density at radius 2 is 2.25 bits per heavy atom. The molecular weight excluding hydrogens is 172 g/mol. The Labute approximate surface area is 77.8 Å². The number of hydrogen-bond acceptors (Lipinski definition) is 4. The second kappa shape index (κ2) is 4.46. The molecule has 2 heterocycles. The monoisotopic (exact) mass is 188 g/mol. The van der Waals surface area contributed by atoms with Crippen LogP contribution in [0, 0.1) is 0 Å². The summed E-state index contributed by atoms with van der Waals surface area (Å²) in [6.07, 6.45) is 0. The molecule has 2 aliphatic heterocycles. The molecule has 0 aliphatic carbocycles. The Balaban J connectivity index is 1.69. The molecule has 2 aliphatic rings. The van der Waals surface area contributed by atoms with E-state index in [9.17, 15) is 0 Å². The first-order valence-electron chi connectivity index (χ1n) is 4.56. The van der Waals surface area contributed by atoms with Crippen LogP contribution in [0.15, 0.2) is 0 Å². The number of rotatable bonds is 2. The molecule has 0 aromatic rings. The predicted octanol–water partition coefficient (Wildman–Crippen LogP) is -0.0189. The van der Waals surface area contributed by atoms with E-state index < -0.39 is 0 Å². The average Bonchev–Trinajstić information content (AvgIpc) is 2.59. The van der Waals surface area contributed by atoms with Gasteiger partial charge in [0.05, 0.1) is 13.2 Å². The minimum Gasteiger partial charge on any atom is -0.379 e. The molecule has 3 nitrogen and oxygen atoms in total. The van der Waals surface area contributed by atoms with Crippen molar-refractivity contribution in [1.82, 2.24) is 10.2 Å². The van der Waals surface area contributed by atoms with Crippen molar-refractivity contribution in [2.45, 2.75) is 6.04 Å². The molecule has 0 amide bonds. The molecule has 0 spiro atoms. The van der Waals surface area contributed by atoms with E-state index in [2.05, 4.69) is 10.2 Å². The van der Waals surface area contributed by atoms with Crippen LogP contribution in [-0.4, -0.2) is 55.4 Å². The summed E-state index contributed by atoms with van der Waals surface area (Å²) in [7, 11) is 0. The molecule has 0 bridgehead atoms. The lowest BCUT2D eigenvalue weighted by molar-refractivity contribution is 0.0351. The van der Waals surface area contributed by atoms with Gasteiger partial charge in [-0.3, -0.25) is 4.90 Å². The minimum absolute atomic E-state index is 0.716. The first-order chi connectivity index (χ1) is 5.95. The van der Waals surface area contributed by atoms with Crippen LogP contribution in [-0.2, 0) is 4.74 Å². The first kappa shape index (κ1) is 8.81. The molecule has 4 heteroatoms. The number of nitrogens with one attached hydrogen (secondary N) is 1. The fourth-order valence-electron chi connectivity index (χ4n) is 1.65. The van der Waals surface area contributed by atoms with Gasteiger partial charge in [0.2, 0.25) is 0 Å². The van der Waals surface area contributed by atoms with Crippen molar-refractivity contribution < 1.29 is 4.74 Å². The van der Waals surface area contributed by atoms with E-state index in [1.807, 2.05) is 11.8 Å². The highest BCUT2D eigenvalue weighted by atomic mass is 32.2. The van der Waals surface area contributed by atoms with Crippen LogP contribution >= 0.6 is 11.8 Å². The lowest BCUT2D eigenvalue weighted by Crippen LogP contribution is -2.44. The summed E-state index contributed by atoms with van der Waals surface area (Å²) in [5.41, 5.74) is 0. The molecule has 1 atom stereocenters. The predicted molar refractivity (Wildman–Crippen MR) is 51.5 cm³/mol. The molecule has 1 N–H and O–H groups in total. The Morgan fingerprint density at radius 3 is 2.92 bits per heavy atom. The zero-order valence-electron chi connectivity index (χ0n) is 7.29. The fourth-order valence-corrected chi connectivity index (χ4v) is 2.63. The van der Waals surface area contributed by atoms with E-state index >= 15 is 0 Å². The maximum atomic E-state index is 5.30. The lowest BCUT2D eigenvalue weighted by atomic mass is 10.3. The molecule has 0 aromatic heterocycles. The molecule has 2 saturated heterocycles. The summed E-state index contributed by atoms with van der Waals surface area (Å²) in [6, 6.07) is 0.716. The molecule has 12 heavy (non-hydrogen) atoms. The molecule has 2 fully saturated rings. The van der Waals surface area contributed by atoms with Crippen LogP contribution in [0.5, 0.6) is 0 Å². The molecule has 0 saturated carbocycles. The van der Waals surface area contributed by atoms with Gasteiger partial charge < -0.3 is 10.1 Å². The summed E-state index contributed by atoms with van der Waals surface area (Å²) < 4.78 is 5.30. The molecule has 70 valence electrons. The van der Waals surface area contributed by atoms with Crippen molar-refractivity contribution in [1.29, 1.82) is 0 Å². The summed E-state index contributed by atoms with van der Waals surface area (Å²) in [6.45, 7) is 5.27. The number of ether oxygens (including phenoxy) is 1. The topological polar surface area (TPSA) is 24.5 Å². The highest BCUT2D eigenvalue weighted by molar-refractivity contribution is 7.99. The van der Waals surface area contributed by atoms with Gasteiger partial charge in [0, 0.05) is 37.3 Å². The van der Waals surface area contributed by atoms with Crippen LogP contribution in [0.3, 0.4) is 0 Å². The Bertz CT molecular complexity index is 133. The number of thioether (sulfide) groups is 1. The summed E-state index contributed by atoms with van der Waals surface area (Å²) in [5.74, 6) is 2.41. The van der Waals surface area contributed by atoms with E-state index in [1.54, 1.807) is 0 Å². The number of nitrogens with zero attached hydrogens (tertiary/aromatic N) is 1. The molecular formula is C8H16N2OS. The third-order valence-corrected chi connectivity index (χ3v) is 3.38. The second-order valence-electron chi connectivity index (χ2n) is 3.33. The normalized spacial score (nSPS) is 32.5. The van der Waals surface area contributed by atoms with E-state index in [0.29, 0.717) is 6.04 Å². The van der Waals surface area contributed by atoms with E-state index in [4.69, 9.17) is 4.74 Å². The van der Waals surface area contributed by atoms with Gasteiger partial charge in [-0.2, -0.15) is 0 Å². The van der Waals surface area contributed by atoms with Gasteiger partial charge in [0.25, 0.3) is 0 Å². The molecule has 0 radical (unpaired) electrons. The van der Waals surface area contributed by atoms with E-state index in [-0.39, 0.29) is 0 Å². The van der Waals surface area contributed by atoms with Gasteiger partial charge in [-0.05, 0) is 0 Å². The highest BCUT2D eigenvalue weighted by Crippen LogP contribution is 2.11. The maximum absolute atomic E-state index is 5.30. The fraction of sp³-hybridized carbons (Fsp3) is 1.00. The first-order valence-corrected chi connectivity index (χ1v) is 5.72. The van der Waals surface area contributed by atoms with Crippen molar-refractivity contribution in [2.24, 2.45) is 0 Å². The number of hydrogen-bond donors (Lipinski definition) is 1. The van der Waals surface area contributed by atoms with Crippen LogP contribution < -0.4 is 5.32 Å². The summed E-state index contributed by atoms with van der Waals surface area (Å²) >= 11 is 2.00.